The molecule has 0 aliphatic rings. The summed E-state index contributed by atoms with van der Waals surface area (Å²) in [5.41, 5.74) is 0.908. The molecule has 0 saturated carbocycles. The summed E-state index contributed by atoms with van der Waals surface area (Å²) < 4.78 is 9.63. The molecule has 1 aromatic heterocycles. The summed E-state index contributed by atoms with van der Waals surface area (Å²) in [6.07, 6.45) is 1.48. The minimum absolute atomic E-state index is 0.268. The lowest BCUT2D eigenvalue weighted by Gasteiger charge is -2.07. The lowest BCUT2D eigenvalue weighted by atomic mass is 10.2. The van der Waals surface area contributed by atoms with Crippen molar-refractivity contribution in [2.45, 2.75) is 18.7 Å². The average molecular weight is 242 g/mol. The van der Waals surface area contributed by atoms with Gasteiger partial charge in [0.1, 0.15) is 5.56 Å². The van der Waals surface area contributed by atoms with E-state index in [9.17, 15) is 4.79 Å². The van der Waals surface area contributed by atoms with Gasteiger partial charge in [0.25, 0.3) is 0 Å². The SMILES string of the molecule is CCSc1ncc(C(=O)OC)c(COC)n1. The van der Waals surface area contributed by atoms with E-state index in [-0.39, 0.29) is 6.61 Å². The van der Waals surface area contributed by atoms with Crippen molar-refractivity contribution in [3.8, 4) is 0 Å². The molecule has 0 saturated heterocycles. The summed E-state index contributed by atoms with van der Waals surface area (Å²) in [5.74, 6) is 0.435. The highest BCUT2D eigenvalue weighted by Crippen LogP contribution is 2.15. The minimum atomic E-state index is -0.444. The van der Waals surface area contributed by atoms with Crippen LogP contribution in [-0.2, 0) is 16.1 Å². The van der Waals surface area contributed by atoms with Gasteiger partial charge in [-0.05, 0) is 5.75 Å². The van der Waals surface area contributed by atoms with Crippen molar-refractivity contribution in [2.75, 3.05) is 20.0 Å². The number of rotatable bonds is 5. The smallest absolute Gasteiger partial charge is 0.341 e. The number of thioether (sulfide) groups is 1. The zero-order chi connectivity index (χ0) is 12.0. The first-order valence-corrected chi connectivity index (χ1v) is 5.77. The molecule has 0 N–H and O–H groups in total. The first-order chi connectivity index (χ1) is 7.72. The number of carbonyl (C=O) groups excluding carboxylic acids is 1. The lowest BCUT2D eigenvalue weighted by molar-refractivity contribution is 0.0593. The van der Waals surface area contributed by atoms with Crippen LogP contribution in [0.2, 0.25) is 0 Å². The molecule has 0 spiro atoms. The van der Waals surface area contributed by atoms with E-state index in [0.29, 0.717) is 16.4 Å². The summed E-state index contributed by atoms with van der Waals surface area (Å²) in [4.78, 5) is 19.7. The molecule has 0 radical (unpaired) electrons. The van der Waals surface area contributed by atoms with Gasteiger partial charge in [-0.25, -0.2) is 14.8 Å². The van der Waals surface area contributed by atoms with E-state index in [0.717, 1.165) is 5.75 Å². The maximum atomic E-state index is 11.4. The topological polar surface area (TPSA) is 61.3 Å². The molecular weight excluding hydrogens is 228 g/mol. The third-order valence-electron chi connectivity index (χ3n) is 1.81. The zero-order valence-electron chi connectivity index (χ0n) is 9.52. The van der Waals surface area contributed by atoms with Crippen LogP contribution in [0, 0.1) is 0 Å². The number of aromatic nitrogens is 2. The number of methoxy groups -OCH3 is 2. The Morgan fingerprint density at radius 1 is 1.50 bits per heavy atom. The van der Waals surface area contributed by atoms with Gasteiger partial charge in [-0.3, -0.25) is 0 Å². The second-order valence-corrected chi connectivity index (χ2v) is 4.10. The van der Waals surface area contributed by atoms with Crippen molar-refractivity contribution < 1.29 is 14.3 Å². The summed E-state index contributed by atoms with van der Waals surface area (Å²) in [7, 11) is 2.88. The third kappa shape index (κ3) is 3.18. The molecule has 1 rings (SSSR count). The van der Waals surface area contributed by atoms with Gasteiger partial charge in [0.2, 0.25) is 0 Å². The zero-order valence-corrected chi connectivity index (χ0v) is 10.3. The van der Waals surface area contributed by atoms with E-state index in [1.54, 1.807) is 7.11 Å². The Morgan fingerprint density at radius 2 is 2.25 bits per heavy atom. The fourth-order valence-corrected chi connectivity index (χ4v) is 1.68. The van der Waals surface area contributed by atoms with Gasteiger partial charge in [0.05, 0.1) is 19.4 Å². The summed E-state index contributed by atoms with van der Waals surface area (Å²) in [6, 6.07) is 0. The highest BCUT2D eigenvalue weighted by Gasteiger charge is 2.14. The van der Waals surface area contributed by atoms with Gasteiger partial charge in [0, 0.05) is 13.3 Å². The molecule has 0 atom stereocenters. The van der Waals surface area contributed by atoms with Gasteiger partial charge in [-0.1, -0.05) is 18.7 Å². The Kier molecular flexibility index (Phi) is 5.21. The van der Waals surface area contributed by atoms with Gasteiger partial charge in [0.15, 0.2) is 5.16 Å². The van der Waals surface area contributed by atoms with Crippen LogP contribution < -0.4 is 0 Å². The minimum Gasteiger partial charge on any atom is -0.465 e. The maximum Gasteiger partial charge on any atom is 0.341 e. The highest BCUT2D eigenvalue weighted by molar-refractivity contribution is 7.99. The molecule has 1 aromatic rings. The molecule has 6 heteroatoms. The molecular formula is C10H14N2O3S. The third-order valence-corrected chi connectivity index (χ3v) is 2.55. The Morgan fingerprint density at radius 3 is 2.81 bits per heavy atom. The quantitative estimate of drug-likeness (QED) is 0.443. The van der Waals surface area contributed by atoms with E-state index >= 15 is 0 Å². The highest BCUT2D eigenvalue weighted by atomic mass is 32.2. The Labute approximate surface area is 98.6 Å². The van der Waals surface area contributed by atoms with E-state index in [2.05, 4.69) is 14.7 Å². The summed E-state index contributed by atoms with van der Waals surface area (Å²) in [5, 5.41) is 0.641. The number of hydrogen-bond donors (Lipinski definition) is 0. The molecule has 1 heterocycles. The van der Waals surface area contributed by atoms with Crippen molar-refractivity contribution in [3.05, 3.63) is 17.5 Å². The first kappa shape index (κ1) is 12.9. The van der Waals surface area contributed by atoms with Gasteiger partial charge < -0.3 is 9.47 Å². The molecule has 16 heavy (non-hydrogen) atoms. The molecule has 5 nitrogen and oxygen atoms in total. The summed E-state index contributed by atoms with van der Waals surface area (Å²) >= 11 is 1.51. The monoisotopic (exact) mass is 242 g/mol. The standard InChI is InChI=1S/C10H14N2O3S/c1-4-16-10-11-5-7(9(13)15-3)8(12-10)6-14-2/h5H,4,6H2,1-3H3. The molecule has 0 aliphatic carbocycles. The van der Waals surface area contributed by atoms with E-state index < -0.39 is 5.97 Å². The number of ether oxygens (including phenoxy) is 2. The predicted molar refractivity (Wildman–Crippen MR) is 60.5 cm³/mol. The molecule has 0 bridgehead atoms. The molecule has 0 aliphatic heterocycles. The van der Waals surface area contributed by atoms with Crippen LogP contribution in [-0.4, -0.2) is 35.9 Å². The van der Waals surface area contributed by atoms with Crippen molar-refractivity contribution in [1.82, 2.24) is 9.97 Å². The van der Waals surface area contributed by atoms with Crippen LogP contribution in [0.4, 0.5) is 0 Å². The van der Waals surface area contributed by atoms with E-state index in [4.69, 9.17) is 4.74 Å². The molecule has 0 amide bonds. The van der Waals surface area contributed by atoms with Gasteiger partial charge >= 0.3 is 5.97 Å². The fraction of sp³-hybridized carbons (Fsp3) is 0.500. The van der Waals surface area contributed by atoms with Crippen LogP contribution in [0.1, 0.15) is 23.0 Å². The van der Waals surface area contributed by atoms with Crippen molar-refractivity contribution in [2.24, 2.45) is 0 Å². The number of esters is 1. The van der Waals surface area contributed by atoms with Crippen LogP contribution in [0.25, 0.3) is 0 Å². The van der Waals surface area contributed by atoms with Crippen molar-refractivity contribution in [3.63, 3.8) is 0 Å². The first-order valence-electron chi connectivity index (χ1n) is 4.78. The van der Waals surface area contributed by atoms with Crippen molar-refractivity contribution in [1.29, 1.82) is 0 Å². The molecule has 0 fully saturated rings. The van der Waals surface area contributed by atoms with Crippen LogP contribution in [0.15, 0.2) is 11.4 Å². The van der Waals surface area contributed by atoms with Crippen LogP contribution in [0.3, 0.4) is 0 Å². The Balaban J connectivity index is 3.03. The Hall–Kier alpha value is -1.14. The Bertz CT molecular complexity index is 371. The average Bonchev–Trinajstić information content (AvgIpc) is 2.29. The molecule has 0 aromatic carbocycles. The predicted octanol–water partition coefficient (Wildman–Crippen LogP) is 1.52. The van der Waals surface area contributed by atoms with Gasteiger partial charge in [-0.2, -0.15) is 0 Å². The number of hydrogen-bond acceptors (Lipinski definition) is 6. The van der Waals surface area contributed by atoms with E-state index in [1.807, 2.05) is 6.92 Å². The van der Waals surface area contributed by atoms with Gasteiger partial charge in [-0.15, -0.1) is 0 Å². The molecule has 88 valence electrons. The number of carbonyl (C=O) groups is 1. The van der Waals surface area contributed by atoms with Crippen LogP contribution >= 0.6 is 11.8 Å². The molecule has 0 unspecified atom stereocenters. The normalized spacial score (nSPS) is 10.2. The second kappa shape index (κ2) is 6.44. The lowest BCUT2D eigenvalue weighted by Crippen LogP contribution is -2.10. The van der Waals surface area contributed by atoms with Crippen LogP contribution in [0.5, 0.6) is 0 Å². The number of nitrogens with zero attached hydrogens (tertiary/aromatic N) is 2. The van der Waals surface area contributed by atoms with Crippen molar-refractivity contribution >= 4 is 17.7 Å². The maximum absolute atomic E-state index is 11.4. The fourth-order valence-electron chi connectivity index (χ4n) is 1.12. The largest absolute Gasteiger partial charge is 0.465 e. The van der Waals surface area contributed by atoms with E-state index in [1.165, 1.54) is 25.1 Å². The summed E-state index contributed by atoms with van der Waals surface area (Å²) in [6.45, 7) is 2.28. The second-order valence-electron chi connectivity index (χ2n) is 2.87.